The van der Waals surface area contributed by atoms with Crippen molar-refractivity contribution in [3.8, 4) is 11.3 Å². The molecule has 2 aromatic heterocycles. The van der Waals surface area contributed by atoms with E-state index in [-0.39, 0.29) is 47.7 Å². The number of hydrogen-bond acceptors (Lipinski definition) is 8. The molecule has 6 fully saturated rings. The fourth-order valence-corrected chi connectivity index (χ4v) is 10.8. The zero-order chi connectivity index (χ0) is 38.7. The lowest BCUT2D eigenvalue weighted by atomic mass is 9.73. The number of benzene rings is 1. The molecule has 3 aliphatic carbocycles. The molecule has 12 heteroatoms. The van der Waals surface area contributed by atoms with Crippen LogP contribution in [-0.2, 0) is 19.7 Å². The lowest BCUT2D eigenvalue weighted by molar-refractivity contribution is -0.137. The van der Waals surface area contributed by atoms with Crippen molar-refractivity contribution in [3.63, 3.8) is 0 Å². The average molecular weight is 763 g/mol. The number of amides is 3. The quantitative estimate of drug-likeness (QED) is 0.287. The van der Waals surface area contributed by atoms with Crippen LogP contribution in [0.25, 0.3) is 22.3 Å². The van der Waals surface area contributed by atoms with Crippen LogP contribution in [0, 0.1) is 17.8 Å². The molecule has 3 saturated carbocycles. The number of ether oxygens (including phenoxy) is 1. The zero-order valence-corrected chi connectivity index (χ0v) is 33.8. The molecule has 7 aliphatic rings. The molecular formula is C44H58N8O4. The van der Waals surface area contributed by atoms with Crippen LogP contribution in [0.5, 0.6) is 0 Å². The van der Waals surface area contributed by atoms with E-state index in [2.05, 4.69) is 57.8 Å². The van der Waals surface area contributed by atoms with Crippen LogP contribution in [0.3, 0.4) is 0 Å². The highest BCUT2D eigenvalue weighted by Gasteiger charge is 2.62. The summed E-state index contributed by atoms with van der Waals surface area (Å²) in [4.78, 5) is 60.3. The van der Waals surface area contributed by atoms with Gasteiger partial charge in [0.05, 0.1) is 23.0 Å². The highest BCUT2D eigenvalue weighted by molar-refractivity contribution is 6.09. The van der Waals surface area contributed by atoms with Crippen molar-refractivity contribution in [2.24, 2.45) is 17.8 Å². The summed E-state index contributed by atoms with van der Waals surface area (Å²) in [5.74, 6) is 1.65. The van der Waals surface area contributed by atoms with E-state index in [1.54, 1.807) is 4.90 Å². The number of likely N-dealkylation sites (tertiary alicyclic amines) is 3. The van der Waals surface area contributed by atoms with Gasteiger partial charge in [0.2, 0.25) is 11.8 Å². The summed E-state index contributed by atoms with van der Waals surface area (Å²) in [5.41, 5.74) is 4.79. The first-order valence-electron chi connectivity index (χ1n) is 21.5. The second-order valence-corrected chi connectivity index (χ2v) is 19.3. The molecular weight excluding hydrogens is 705 g/mol. The number of aromatic nitrogens is 3. The molecule has 298 valence electrons. The van der Waals surface area contributed by atoms with Gasteiger partial charge in [0.25, 0.3) is 0 Å². The SMILES string of the molecule is CC(C)n1cnc2cc(-c3ccc4c(c3)N([C@H]3C[C@@H](N5CCCCC5)C3)C(=O)C43CCN(C(=O)C4C5CN(C(=O)OC(C)(C)C)CC54)CC3)nc(NC3CC3)c21. The zero-order valence-electron chi connectivity index (χ0n) is 33.8. The van der Waals surface area contributed by atoms with Crippen LogP contribution < -0.4 is 10.2 Å². The van der Waals surface area contributed by atoms with Gasteiger partial charge in [0.1, 0.15) is 11.1 Å². The van der Waals surface area contributed by atoms with Crippen molar-refractivity contribution in [2.45, 2.75) is 128 Å². The van der Waals surface area contributed by atoms with Gasteiger partial charge >= 0.3 is 6.09 Å². The highest BCUT2D eigenvalue weighted by atomic mass is 16.6. The van der Waals surface area contributed by atoms with E-state index in [1.165, 1.54) is 32.4 Å². The predicted octanol–water partition coefficient (Wildman–Crippen LogP) is 6.59. The topological polar surface area (TPSA) is 116 Å². The molecule has 3 aromatic rings. The summed E-state index contributed by atoms with van der Waals surface area (Å²) in [6.07, 6.45) is 11.1. The normalized spacial score (nSPS) is 28.5. The van der Waals surface area contributed by atoms with Crippen LogP contribution in [0.1, 0.15) is 104 Å². The van der Waals surface area contributed by atoms with Gasteiger partial charge in [0, 0.05) is 67.5 Å². The Kier molecular flexibility index (Phi) is 8.51. The average Bonchev–Trinajstić information content (AvgIpc) is 3.97. The highest BCUT2D eigenvalue weighted by Crippen LogP contribution is 2.55. The van der Waals surface area contributed by atoms with Crippen LogP contribution in [0.2, 0.25) is 0 Å². The molecule has 6 heterocycles. The summed E-state index contributed by atoms with van der Waals surface area (Å²) < 4.78 is 7.79. The Morgan fingerprint density at radius 2 is 1.64 bits per heavy atom. The summed E-state index contributed by atoms with van der Waals surface area (Å²) in [6, 6.07) is 10.1. The van der Waals surface area contributed by atoms with Gasteiger partial charge in [0.15, 0.2) is 5.82 Å². The molecule has 12 nitrogen and oxygen atoms in total. The first kappa shape index (κ1) is 36.2. The number of fused-ring (bicyclic) bond motifs is 4. The van der Waals surface area contributed by atoms with Gasteiger partial charge in [-0.1, -0.05) is 18.6 Å². The Hall–Kier alpha value is -4.19. The number of carbonyl (C=O) groups is 3. The Morgan fingerprint density at radius 1 is 0.929 bits per heavy atom. The number of carbonyl (C=O) groups excluding carboxylic acids is 3. The summed E-state index contributed by atoms with van der Waals surface area (Å²) in [7, 11) is 0. The van der Waals surface area contributed by atoms with Crippen molar-refractivity contribution in [1.82, 2.24) is 29.2 Å². The second-order valence-electron chi connectivity index (χ2n) is 19.3. The van der Waals surface area contributed by atoms with Crippen molar-refractivity contribution in [2.75, 3.05) is 49.5 Å². The molecule has 1 spiro atoms. The van der Waals surface area contributed by atoms with E-state index >= 15 is 4.79 Å². The van der Waals surface area contributed by atoms with E-state index < -0.39 is 11.0 Å². The minimum Gasteiger partial charge on any atom is -0.444 e. The molecule has 3 saturated heterocycles. The van der Waals surface area contributed by atoms with Gasteiger partial charge in [-0.3, -0.25) is 9.59 Å². The van der Waals surface area contributed by atoms with E-state index in [0.29, 0.717) is 51.1 Å². The number of pyridine rings is 1. The van der Waals surface area contributed by atoms with Crippen molar-refractivity contribution < 1.29 is 19.1 Å². The lowest BCUT2D eigenvalue weighted by Gasteiger charge is -2.48. The molecule has 0 bridgehead atoms. The summed E-state index contributed by atoms with van der Waals surface area (Å²) in [6.45, 7) is 14.6. The van der Waals surface area contributed by atoms with Gasteiger partial charge in [-0.15, -0.1) is 0 Å². The largest absolute Gasteiger partial charge is 0.444 e. The molecule has 3 amide bonds. The Balaban J connectivity index is 0.910. The number of piperidine rings is 3. The Morgan fingerprint density at radius 3 is 2.30 bits per heavy atom. The number of nitrogens with zero attached hydrogens (tertiary/aromatic N) is 7. The predicted molar refractivity (Wildman–Crippen MR) is 215 cm³/mol. The fourth-order valence-electron chi connectivity index (χ4n) is 10.8. The smallest absolute Gasteiger partial charge is 0.410 e. The number of nitrogens with one attached hydrogen (secondary N) is 1. The fraction of sp³-hybridized carbons (Fsp3) is 0.659. The van der Waals surface area contributed by atoms with E-state index in [0.717, 1.165) is 65.0 Å². The maximum atomic E-state index is 15.0. The van der Waals surface area contributed by atoms with E-state index in [9.17, 15) is 9.59 Å². The van der Waals surface area contributed by atoms with Crippen molar-refractivity contribution in [3.05, 3.63) is 36.2 Å². The Bertz CT molecular complexity index is 2050. The number of rotatable bonds is 7. The van der Waals surface area contributed by atoms with Crippen molar-refractivity contribution in [1.29, 1.82) is 0 Å². The van der Waals surface area contributed by atoms with Crippen LogP contribution in [-0.4, -0.2) is 110 Å². The number of anilines is 2. The second kappa shape index (κ2) is 13.2. The lowest BCUT2D eigenvalue weighted by Crippen LogP contribution is -2.58. The third-order valence-corrected chi connectivity index (χ3v) is 14.1. The molecule has 56 heavy (non-hydrogen) atoms. The van der Waals surface area contributed by atoms with Gasteiger partial charge in [-0.05, 0) is 129 Å². The first-order chi connectivity index (χ1) is 26.9. The molecule has 0 radical (unpaired) electrons. The van der Waals surface area contributed by atoms with Gasteiger partial charge < -0.3 is 34.2 Å². The number of hydrogen-bond donors (Lipinski definition) is 1. The molecule has 2 atom stereocenters. The molecule has 2 unspecified atom stereocenters. The number of imidazole rings is 1. The molecule has 1 aromatic carbocycles. The standard InChI is InChI=1S/C44H58N8O4/c1-26(2)51-25-45-35-22-34(47-39(38(35)51)46-28-10-11-28)27-9-12-33-36(19-27)52(30-20-29(21-30)48-15-7-6-8-16-48)41(54)44(33)13-17-49(18-14-44)40(53)37-31-23-50(24-32(31)37)42(55)56-43(3,4)5/h9,12,19,22,25-26,28-32,37H,6-8,10-11,13-18,20-21,23-24H2,1-5H3,(H,46,47)/t29-,30+,31?,32?,37?. The summed E-state index contributed by atoms with van der Waals surface area (Å²) >= 11 is 0. The Labute approximate surface area is 330 Å². The molecule has 4 aliphatic heterocycles. The van der Waals surface area contributed by atoms with Gasteiger partial charge in [-0.25, -0.2) is 14.8 Å². The third-order valence-electron chi connectivity index (χ3n) is 14.1. The maximum absolute atomic E-state index is 15.0. The minimum absolute atomic E-state index is 0.0360. The van der Waals surface area contributed by atoms with Gasteiger partial charge in [-0.2, -0.15) is 0 Å². The molecule has 10 rings (SSSR count). The van der Waals surface area contributed by atoms with E-state index in [1.807, 2.05) is 32.0 Å². The minimum atomic E-state index is -0.639. The van der Waals surface area contributed by atoms with Crippen LogP contribution in [0.4, 0.5) is 16.3 Å². The van der Waals surface area contributed by atoms with Crippen molar-refractivity contribution >= 4 is 40.4 Å². The van der Waals surface area contributed by atoms with E-state index in [4.69, 9.17) is 14.7 Å². The maximum Gasteiger partial charge on any atom is 0.410 e. The third kappa shape index (κ3) is 6.07. The monoisotopic (exact) mass is 762 g/mol. The first-order valence-corrected chi connectivity index (χ1v) is 21.5. The van der Waals surface area contributed by atoms with Crippen LogP contribution in [0.15, 0.2) is 30.6 Å². The van der Waals surface area contributed by atoms with Crippen LogP contribution >= 0.6 is 0 Å². The molecule has 1 N–H and O–H groups in total. The summed E-state index contributed by atoms with van der Waals surface area (Å²) in [5, 5.41) is 3.69.